The average Bonchev–Trinajstić information content (AvgIpc) is 2.20. The molecule has 5 nitrogen and oxygen atoms in total. The minimum absolute atomic E-state index is 0.230. The molecule has 0 aliphatic rings. The molecule has 0 aliphatic carbocycles. The topological polar surface area (TPSA) is 72.2 Å². The first-order valence-electron chi connectivity index (χ1n) is 4.05. The third-order valence-corrected chi connectivity index (χ3v) is 1.68. The van der Waals surface area contributed by atoms with E-state index in [1.165, 1.54) is 5.32 Å². The number of amides is 1. The number of halogens is 4. The highest BCUT2D eigenvalue weighted by Crippen LogP contribution is 2.28. The lowest BCUT2D eigenvalue weighted by atomic mass is 10.2. The summed E-state index contributed by atoms with van der Waals surface area (Å²) in [6, 6.07) is 0.540. The molecule has 9 heteroatoms. The van der Waals surface area contributed by atoms with Crippen molar-refractivity contribution in [3.8, 4) is 0 Å². The van der Waals surface area contributed by atoms with Gasteiger partial charge >= 0.3 is 6.43 Å². The number of anilines is 1. The van der Waals surface area contributed by atoms with Gasteiger partial charge in [0.2, 0.25) is 0 Å². The maximum Gasteiger partial charge on any atom is 0.315 e. The quantitative estimate of drug-likeness (QED) is 0.508. The lowest BCUT2D eigenvalue weighted by Crippen LogP contribution is -2.21. The Bertz CT molecular complexity index is 478. The Labute approximate surface area is 91.2 Å². The predicted molar refractivity (Wildman–Crippen MR) is 47.6 cm³/mol. The Balaban J connectivity index is 3.22. The van der Waals surface area contributed by atoms with Crippen LogP contribution in [0.1, 0.15) is 0 Å². The standard InChI is InChI=1S/C8H4F4N2O3/c9-3-1-4(10)6(5(2-3)14(16)17)13-8(15)7(11)12/h1-2,7H,(H,13,15). The number of alkyl halides is 2. The number of hydrogen-bond donors (Lipinski definition) is 1. The highest BCUT2D eigenvalue weighted by atomic mass is 19.3. The summed E-state index contributed by atoms with van der Waals surface area (Å²) < 4.78 is 49.5. The molecule has 0 spiro atoms. The zero-order valence-electron chi connectivity index (χ0n) is 7.92. The fourth-order valence-electron chi connectivity index (χ4n) is 1.01. The largest absolute Gasteiger partial charge is 0.315 e. The van der Waals surface area contributed by atoms with Gasteiger partial charge < -0.3 is 5.32 Å². The summed E-state index contributed by atoms with van der Waals surface area (Å²) in [7, 11) is 0. The zero-order valence-corrected chi connectivity index (χ0v) is 7.92. The van der Waals surface area contributed by atoms with Gasteiger partial charge in [-0.3, -0.25) is 14.9 Å². The van der Waals surface area contributed by atoms with Gasteiger partial charge in [0.15, 0.2) is 11.5 Å². The molecule has 0 atom stereocenters. The first-order chi connectivity index (χ1) is 7.82. The monoisotopic (exact) mass is 252 g/mol. The lowest BCUT2D eigenvalue weighted by Gasteiger charge is -2.06. The molecule has 0 radical (unpaired) electrons. The molecule has 0 aliphatic heterocycles. The van der Waals surface area contributed by atoms with E-state index in [4.69, 9.17) is 0 Å². The van der Waals surface area contributed by atoms with Crippen LogP contribution in [-0.2, 0) is 4.79 Å². The Hall–Kier alpha value is -2.19. The number of benzene rings is 1. The van der Waals surface area contributed by atoms with Crippen LogP contribution in [0.4, 0.5) is 28.9 Å². The van der Waals surface area contributed by atoms with Crippen molar-refractivity contribution in [1.29, 1.82) is 0 Å². The normalized spacial score (nSPS) is 10.4. The van der Waals surface area contributed by atoms with Gasteiger partial charge in [-0.25, -0.2) is 8.78 Å². The van der Waals surface area contributed by atoms with E-state index in [1.807, 2.05) is 0 Å². The molecule has 0 bridgehead atoms. The van der Waals surface area contributed by atoms with Crippen molar-refractivity contribution in [1.82, 2.24) is 0 Å². The Morgan fingerprint density at radius 2 is 1.94 bits per heavy atom. The molecule has 1 aromatic rings. The summed E-state index contributed by atoms with van der Waals surface area (Å²) in [5.41, 5.74) is -2.24. The molecule has 0 saturated carbocycles. The first kappa shape index (κ1) is 12.9. The molecule has 0 unspecified atom stereocenters. The number of nitrogens with one attached hydrogen (secondary N) is 1. The number of carbonyl (C=O) groups is 1. The molecule has 0 heterocycles. The van der Waals surface area contributed by atoms with Crippen LogP contribution in [0.3, 0.4) is 0 Å². The minimum atomic E-state index is -3.47. The highest BCUT2D eigenvalue weighted by Gasteiger charge is 2.25. The van der Waals surface area contributed by atoms with Gasteiger partial charge in [0.05, 0.1) is 11.0 Å². The van der Waals surface area contributed by atoms with Crippen LogP contribution in [0.25, 0.3) is 0 Å². The summed E-state index contributed by atoms with van der Waals surface area (Å²) in [6.07, 6.45) is -3.47. The molecule has 0 aromatic heterocycles. The van der Waals surface area contributed by atoms with E-state index in [-0.39, 0.29) is 6.07 Å². The third kappa shape index (κ3) is 2.89. The Morgan fingerprint density at radius 3 is 2.41 bits per heavy atom. The molecule has 92 valence electrons. The van der Waals surface area contributed by atoms with E-state index in [2.05, 4.69) is 0 Å². The number of carbonyl (C=O) groups excluding carboxylic acids is 1. The summed E-state index contributed by atoms with van der Waals surface area (Å²) in [5, 5.41) is 11.7. The minimum Gasteiger partial charge on any atom is -0.313 e. The van der Waals surface area contributed by atoms with E-state index in [1.54, 1.807) is 0 Å². The van der Waals surface area contributed by atoms with Crippen LogP contribution in [-0.4, -0.2) is 17.3 Å². The van der Waals surface area contributed by atoms with Crippen molar-refractivity contribution < 1.29 is 27.3 Å². The molecule has 1 rings (SSSR count). The van der Waals surface area contributed by atoms with E-state index in [0.29, 0.717) is 6.07 Å². The molecule has 1 N–H and O–H groups in total. The van der Waals surface area contributed by atoms with Crippen molar-refractivity contribution in [2.24, 2.45) is 0 Å². The van der Waals surface area contributed by atoms with Crippen molar-refractivity contribution in [3.05, 3.63) is 33.9 Å². The van der Waals surface area contributed by atoms with Crippen LogP contribution in [0.5, 0.6) is 0 Å². The van der Waals surface area contributed by atoms with Crippen molar-refractivity contribution in [3.63, 3.8) is 0 Å². The van der Waals surface area contributed by atoms with Crippen LogP contribution in [0, 0.1) is 21.7 Å². The maximum atomic E-state index is 13.1. The molecule has 0 saturated heterocycles. The predicted octanol–water partition coefficient (Wildman–Crippen LogP) is 2.08. The lowest BCUT2D eigenvalue weighted by molar-refractivity contribution is -0.384. The van der Waals surface area contributed by atoms with Gasteiger partial charge in [-0.15, -0.1) is 0 Å². The number of hydrogen-bond acceptors (Lipinski definition) is 3. The first-order valence-corrected chi connectivity index (χ1v) is 4.05. The number of nitro benzene ring substituents is 1. The van der Waals surface area contributed by atoms with Crippen LogP contribution < -0.4 is 5.32 Å². The van der Waals surface area contributed by atoms with Gasteiger partial charge in [0, 0.05) is 6.07 Å². The van der Waals surface area contributed by atoms with Gasteiger partial charge in [-0.05, 0) is 0 Å². The zero-order chi connectivity index (χ0) is 13.2. The molecule has 1 aromatic carbocycles. The van der Waals surface area contributed by atoms with Crippen LogP contribution >= 0.6 is 0 Å². The van der Waals surface area contributed by atoms with E-state index < -0.39 is 40.3 Å². The van der Waals surface area contributed by atoms with Crippen molar-refractivity contribution in [2.75, 3.05) is 5.32 Å². The van der Waals surface area contributed by atoms with Gasteiger partial charge in [0.1, 0.15) is 5.82 Å². The third-order valence-electron chi connectivity index (χ3n) is 1.68. The molecule has 17 heavy (non-hydrogen) atoms. The van der Waals surface area contributed by atoms with Gasteiger partial charge in [-0.1, -0.05) is 0 Å². The molecular weight excluding hydrogens is 248 g/mol. The van der Waals surface area contributed by atoms with E-state index in [0.717, 1.165) is 0 Å². The summed E-state index contributed by atoms with van der Waals surface area (Å²) in [6.45, 7) is 0. The summed E-state index contributed by atoms with van der Waals surface area (Å²) in [4.78, 5) is 19.8. The molecule has 1 amide bonds. The Morgan fingerprint density at radius 1 is 1.35 bits per heavy atom. The van der Waals surface area contributed by atoms with E-state index in [9.17, 15) is 32.5 Å². The second-order valence-electron chi connectivity index (χ2n) is 2.83. The van der Waals surface area contributed by atoms with Crippen molar-refractivity contribution >= 4 is 17.3 Å². The fraction of sp³-hybridized carbons (Fsp3) is 0.125. The van der Waals surface area contributed by atoms with Crippen LogP contribution in [0.2, 0.25) is 0 Å². The maximum absolute atomic E-state index is 13.1. The highest BCUT2D eigenvalue weighted by molar-refractivity contribution is 5.95. The summed E-state index contributed by atoms with van der Waals surface area (Å²) >= 11 is 0. The van der Waals surface area contributed by atoms with E-state index >= 15 is 0 Å². The average molecular weight is 252 g/mol. The smallest absolute Gasteiger partial charge is 0.313 e. The number of rotatable bonds is 3. The van der Waals surface area contributed by atoms with Gasteiger partial charge in [0.25, 0.3) is 11.6 Å². The molecular formula is C8H4F4N2O3. The van der Waals surface area contributed by atoms with Crippen LogP contribution in [0.15, 0.2) is 12.1 Å². The van der Waals surface area contributed by atoms with Gasteiger partial charge in [-0.2, -0.15) is 8.78 Å². The SMILES string of the molecule is O=C(Nc1c(F)cc(F)cc1[N+](=O)[O-])C(F)F. The Kier molecular flexibility index (Phi) is 3.61. The number of nitro groups is 1. The number of nitrogens with zero attached hydrogens (tertiary/aromatic N) is 1. The fourth-order valence-corrected chi connectivity index (χ4v) is 1.01. The second kappa shape index (κ2) is 4.76. The van der Waals surface area contributed by atoms with Crippen molar-refractivity contribution in [2.45, 2.75) is 6.43 Å². The second-order valence-corrected chi connectivity index (χ2v) is 2.83. The summed E-state index contributed by atoms with van der Waals surface area (Å²) in [5.74, 6) is -4.69. The molecule has 0 fully saturated rings.